The molecular formula is C26H24F3NO3. The van der Waals surface area contributed by atoms with E-state index in [4.69, 9.17) is 4.74 Å². The van der Waals surface area contributed by atoms with Crippen molar-refractivity contribution < 1.29 is 27.5 Å². The van der Waals surface area contributed by atoms with Crippen molar-refractivity contribution in [2.24, 2.45) is 0 Å². The van der Waals surface area contributed by atoms with Gasteiger partial charge in [0.25, 0.3) is 0 Å². The molecule has 2 aliphatic rings. The van der Waals surface area contributed by atoms with Gasteiger partial charge in [-0.25, -0.2) is 4.79 Å². The fourth-order valence-electron chi connectivity index (χ4n) is 4.56. The third-order valence-electron chi connectivity index (χ3n) is 6.04. The largest absolute Gasteiger partial charge is 0.462 e. The highest BCUT2D eigenvalue weighted by Crippen LogP contribution is 2.46. The molecule has 0 spiro atoms. The summed E-state index contributed by atoms with van der Waals surface area (Å²) in [6, 6.07) is 14.6. The van der Waals surface area contributed by atoms with Crippen LogP contribution in [0.4, 0.5) is 13.2 Å². The van der Waals surface area contributed by atoms with Gasteiger partial charge in [0.05, 0.1) is 17.7 Å². The fourth-order valence-corrected chi connectivity index (χ4v) is 4.56. The molecule has 4 rings (SSSR count). The van der Waals surface area contributed by atoms with Crippen molar-refractivity contribution in [1.82, 2.24) is 5.32 Å². The summed E-state index contributed by atoms with van der Waals surface area (Å²) in [5.41, 5.74) is 1.30. The van der Waals surface area contributed by atoms with Crippen molar-refractivity contribution in [3.8, 4) is 0 Å². The van der Waals surface area contributed by atoms with E-state index in [0.29, 0.717) is 30.7 Å². The quantitative estimate of drug-likeness (QED) is 0.609. The van der Waals surface area contributed by atoms with E-state index in [1.54, 1.807) is 6.92 Å². The Morgan fingerprint density at radius 3 is 2.48 bits per heavy atom. The maximum atomic E-state index is 13.9. The summed E-state index contributed by atoms with van der Waals surface area (Å²) in [5.74, 6) is -2.09. The Bertz CT molecular complexity index is 1130. The number of ketones is 1. The molecule has 2 aromatic rings. The predicted octanol–water partition coefficient (Wildman–Crippen LogP) is 5.46. The minimum absolute atomic E-state index is 0.0498. The van der Waals surface area contributed by atoms with Gasteiger partial charge < -0.3 is 10.1 Å². The molecule has 0 radical (unpaired) electrons. The van der Waals surface area contributed by atoms with Crippen LogP contribution in [-0.4, -0.2) is 18.4 Å². The van der Waals surface area contributed by atoms with Gasteiger partial charge in [0.2, 0.25) is 0 Å². The molecule has 33 heavy (non-hydrogen) atoms. The van der Waals surface area contributed by atoms with E-state index in [2.05, 4.69) is 5.32 Å². The first kappa shape index (κ1) is 22.8. The molecule has 1 aliphatic heterocycles. The fraction of sp³-hybridized carbons (Fsp3) is 0.308. The summed E-state index contributed by atoms with van der Waals surface area (Å²) in [7, 11) is 0. The molecule has 1 heterocycles. The number of benzene rings is 2. The molecular weight excluding hydrogens is 431 g/mol. The number of esters is 1. The van der Waals surface area contributed by atoms with Crippen LogP contribution in [0.15, 0.2) is 77.1 Å². The number of nitrogens with one attached hydrogen (secondary N) is 1. The van der Waals surface area contributed by atoms with Crippen molar-refractivity contribution >= 4 is 11.8 Å². The topological polar surface area (TPSA) is 55.4 Å². The van der Waals surface area contributed by atoms with Gasteiger partial charge in [-0.05, 0) is 37.0 Å². The molecule has 4 nitrogen and oxygen atoms in total. The first-order valence-corrected chi connectivity index (χ1v) is 10.9. The molecule has 0 saturated carbocycles. The Morgan fingerprint density at radius 2 is 1.76 bits per heavy atom. The number of dihydropyridines is 1. The van der Waals surface area contributed by atoms with Crippen molar-refractivity contribution in [3.63, 3.8) is 0 Å². The predicted molar refractivity (Wildman–Crippen MR) is 117 cm³/mol. The van der Waals surface area contributed by atoms with Crippen LogP contribution in [0.2, 0.25) is 0 Å². The average molecular weight is 455 g/mol. The molecule has 0 amide bonds. The van der Waals surface area contributed by atoms with E-state index < -0.39 is 23.6 Å². The lowest BCUT2D eigenvalue weighted by atomic mass is 9.74. The van der Waals surface area contributed by atoms with Gasteiger partial charge in [-0.3, -0.25) is 4.79 Å². The Labute approximate surface area is 190 Å². The maximum Gasteiger partial charge on any atom is 0.416 e. The number of ether oxygens (including phenoxy) is 1. The standard InChI is InChI=1S/C26H24F3NO3/c1-16-22(25(32)33-15-14-17-8-3-2-4-9-17)23(24-20(30-16)12-7-13-21(24)31)18-10-5-6-11-19(18)26(27,28)29/h2-6,8-11,23,30H,7,12-15H2,1H3/t23-/m1/s1. The van der Waals surface area contributed by atoms with Crippen LogP contribution in [0.1, 0.15) is 48.8 Å². The lowest BCUT2D eigenvalue weighted by Crippen LogP contribution is -2.35. The molecule has 1 aliphatic carbocycles. The molecule has 172 valence electrons. The van der Waals surface area contributed by atoms with Gasteiger partial charge in [-0.2, -0.15) is 13.2 Å². The number of Topliss-reactive ketones (excluding diaryl/α,β-unsaturated/α-hetero) is 1. The molecule has 1 atom stereocenters. The van der Waals surface area contributed by atoms with Gasteiger partial charge in [-0.15, -0.1) is 0 Å². The lowest BCUT2D eigenvalue weighted by molar-refractivity contribution is -0.141. The van der Waals surface area contributed by atoms with Crippen molar-refractivity contribution in [2.45, 2.75) is 44.7 Å². The maximum absolute atomic E-state index is 13.9. The Kier molecular flexibility index (Phi) is 6.40. The minimum Gasteiger partial charge on any atom is -0.462 e. The van der Waals surface area contributed by atoms with Crippen molar-refractivity contribution in [2.75, 3.05) is 6.61 Å². The molecule has 1 N–H and O–H groups in total. The van der Waals surface area contributed by atoms with E-state index >= 15 is 0 Å². The van der Waals surface area contributed by atoms with E-state index in [9.17, 15) is 22.8 Å². The second-order valence-corrected chi connectivity index (χ2v) is 8.22. The van der Waals surface area contributed by atoms with Crippen LogP contribution in [0.3, 0.4) is 0 Å². The van der Waals surface area contributed by atoms with E-state index in [-0.39, 0.29) is 35.5 Å². The van der Waals surface area contributed by atoms with Crippen LogP contribution in [0.5, 0.6) is 0 Å². The molecule has 0 saturated heterocycles. The Morgan fingerprint density at radius 1 is 1.06 bits per heavy atom. The minimum atomic E-state index is -4.63. The van der Waals surface area contributed by atoms with Crippen LogP contribution in [0.25, 0.3) is 0 Å². The second-order valence-electron chi connectivity index (χ2n) is 8.22. The highest BCUT2D eigenvalue weighted by Gasteiger charge is 2.43. The third-order valence-corrected chi connectivity index (χ3v) is 6.04. The van der Waals surface area contributed by atoms with Crippen molar-refractivity contribution in [1.29, 1.82) is 0 Å². The SMILES string of the molecule is CC1=C(C(=O)OCCc2ccccc2)[C@@H](c2ccccc2C(F)(F)F)C2=C(CCCC2=O)N1. The summed E-state index contributed by atoms with van der Waals surface area (Å²) in [4.78, 5) is 26.1. The summed E-state index contributed by atoms with van der Waals surface area (Å²) < 4.78 is 47.2. The van der Waals surface area contributed by atoms with E-state index in [1.165, 1.54) is 18.2 Å². The second kappa shape index (κ2) is 9.25. The van der Waals surface area contributed by atoms with Crippen LogP contribution in [-0.2, 0) is 26.9 Å². The third kappa shape index (κ3) is 4.72. The average Bonchev–Trinajstić information content (AvgIpc) is 2.78. The van der Waals surface area contributed by atoms with Gasteiger partial charge >= 0.3 is 12.1 Å². The van der Waals surface area contributed by atoms with Gasteiger partial charge in [-0.1, -0.05) is 48.5 Å². The van der Waals surface area contributed by atoms with Gasteiger partial charge in [0, 0.05) is 35.7 Å². The van der Waals surface area contributed by atoms with E-state index in [1.807, 2.05) is 30.3 Å². The number of rotatable bonds is 5. The summed E-state index contributed by atoms with van der Waals surface area (Å²) in [5, 5.41) is 3.10. The molecule has 0 fully saturated rings. The van der Waals surface area contributed by atoms with Crippen molar-refractivity contribution in [3.05, 3.63) is 93.8 Å². The zero-order valence-electron chi connectivity index (χ0n) is 18.2. The smallest absolute Gasteiger partial charge is 0.416 e. The first-order chi connectivity index (χ1) is 15.8. The van der Waals surface area contributed by atoms with Crippen LogP contribution >= 0.6 is 0 Å². The summed E-state index contributed by atoms with van der Waals surface area (Å²) >= 11 is 0. The summed E-state index contributed by atoms with van der Waals surface area (Å²) in [6.07, 6.45) is -2.76. The highest BCUT2D eigenvalue weighted by atomic mass is 19.4. The first-order valence-electron chi connectivity index (χ1n) is 10.9. The van der Waals surface area contributed by atoms with Crippen LogP contribution < -0.4 is 5.32 Å². The van der Waals surface area contributed by atoms with Gasteiger partial charge in [0.15, 0.2) is 5.78 Å². The Hall–Kier alpha value is -3.35. The number of hydrogen-bond acceptors (Lipinski definition) is 4. The zero-order valence-corrected chi connectivity index (χ0v) is 18.2. The number of carbonyl (C=O) groups is 2. The molecule has 0 aromatic heterocycles. The highest BCUT2D eigenvalue weighted by molar-refractivity contribution is 6.03. The normalized spacial score (nSPS) is 18.7. The Balaban J connectivity index is 1.72. The molecule has 7 heteroatoms. The summed E-state index contributed by atoms with van der Waals surface area (Å²) in [6.45, 7) is 1.72. The number of allylic oxidation sites excluding steroid dienone is 3. The van der Waals surface area contributed by atoms with E-state index in [0.717, 1.165) is 11.6 Å². The number of halogens is 3. The number of alkyl halides is 3. The molecule has 0 unspecified atom stereocenters. The number of carbonyl (C=O) groups excluding carboxylic acids is 2. The van der Waals surface area contributed by atoms with Gasteiger partial charge in [0.1, 0.15) is 0 Å². The lowest BCUT2D eigenvalue weighted by Gasteiger charge is -2.35. The monoisotopic (exact) mass is 455 g/mol. The zero-order chi connectivity index (χ0) is 23.6. The molecule has 2 aromatic carbocycles. The van der Waals surface area contributed by atoms with Crippen LogP contribution in [0, 0.1) is 0 Å². The number of hydrogen-bond donors (Lipinski definition) is 1. The molecule has 0 bridgehead atoms.